The molecule has 0 bridgehead atoms. The van der Waals surface area contributed by atoms with Crippen molar-refractivity contribution in [1.82, 2.24) is 19.8 Å². The fourth-order valence-corrected chi connectivity index (χ4v) is 3.04. The lowest BCUT2D eigenvalue weighted by Gasteiger charge is -2.34. The molecular formula is C16H16ClN5O. The number of ether oxygens (including phenoxy) is 1. The Balaban J connectivity index is 1.66. The summed E-state index contributed by atoms with van der Waals surface area (Å²) in [5.74, 6) is 0. The summed E-state index contributed by atoms with van der Waals surface area (Å²) in [6.45, 7) is 4.21. The molecule has 4 rings (SSSR count). The first-order valence-electron chi connectivity index (χ1n) is 7.50. The quantitative estimate of drug-likeness (QED) is 0.723. The molecule has 6 nitrogen and oxygen atoms in total. The van der Waals surface area contributed by atoms with Crippen molar-refractivity contribution in [3.8, 4) is 0 Å². The van der Waals surface area contributed by atoms with Crippen molar-refractivity contribution in [2.45, 2.75) is 13.0 Å². The first-order chi connectivity index (χ1) is 11.2. The van der Waals surface area contributed by atoms with Crippen LogP contribution in [0.1, 0.15) is 17.4 Å². The van der Waals surface area contributed by atoms with Crippen LogP contribution in [0.5, 0.6) is 0 Å². The van der Waals surface area contributed by atoms with Gasteiger partial charge in [0.25, 0.3) is 0 Å². The largest absolute Gasteiger partial charge is 0.370 e. The van der Waals surface area contributed by atoms with Gasteiger partial charge in [-0.25, -0.2) is 0 Å². The summed E-state index contributed by atoms with van der Waals surface area (Å²) in [5, 5.41) is 13.3. The average molecular weight is 330 g/mol. The van der Waals surface area contributed by atoms with Gasteiger partial charge in [-0.1, -0.05) is 23.7 Å². The standard InChI is InChI=1S/C16H16ClN5O/c1-11-8-14(16-19-18-10-22(16)20-11)21-6-7-23-15(9-21)12-2-4-13(17)5-3-12/h2-5,8,10,15H,6-7,9H2,1H3. The zero-order valence-corrected chi connectivity index (χ0v) is 13.4. The number of fused-ring (bicyclic) bond motifs is 1. The molecule has 1 aromatic carbocycles. The number of morpholine rings is 1. The van der Waals surface area contributed by atoms with Crippen LogP contribution >= 0.6 is 11.6 Å². The molecule has 2 aromatic heterocycles. The van der Waals surface area contributed by atoms with Crippen LogP contribution in [-0.4, -0.2) is 39.5 Å². The number of aromatic nitrogens is 4. The molecule has 1 atom stereocenters. The minimum Gasteiger partial charge on any atom is -0.370 e. The summed E-state index contributed by atoms with van der Waals surface area (Å²) in [4.78, 5) is 2.28. The number of aryl methyl sites for hydroxylation is 1. The van der Waals surface area contributed by atoms with E-state index in [2.05, 4.69) is 20.2 Å². The zero-order chi connectivity index (χ0) is 15.8. The maximum atomic E-state index is 5.97. The van der Waals surface area contributed by atoms with Crippen molar-refractivity contribution in [3.05, 3.63) is 52.9 Å². The van der Waals surface area contributed by atoms with Crippen LogP contribution in [-0.2, 0) is 4.74 Å². The maximum Gasteiger partial charge on any atom is 0.200 e. The second kappa shape index (κ2) is 5.79. The van der Waals surface area contributed by atoms with E-state index in [9.17, 15) is 0 Å². The van der Waals surface area contributed by atoms with Gasteiger partial charge in [0.1, 0.15) is 12.4 Å². The molecule has 0 radical (unpaired) electrons. The number of halogens is 1. The molecule has 3 heterocycles. The Bertz CT molecular complexity index is 832. The van der Waals surface area contributed by atoms with E-state index in [-0.39, 0.29) is 6.10 Å². The maximum absolute atomic E-state index is 5.97. The lowest BCUT2D eigenvalue weighted by Crippen LogP contribution is -2.38. The topological polar surface area (TPSA) is 55.5 Å². The lowest BCUT2D eigenvalue weighted by molar-refractivity contribution is 0.0398. The molecule has 1 unspecified atom stereocenters. The van der Waals surface area contributed by atoms with Gasteiger partial charge in [-0.05, 0) is 30.7 Å². The highest BCUT2D eigenvalue weighted by Gasteiger charge is 2.24. The van der Waals surface area contributed by atoms with Crippen LogP contribution in [0.2, 0.25) is 5.02 Å². The number of anilines is 1. The zero-order valence-electron chi connectivity index (χ0n) is 12.7. The summed E-state index contributed by atoms with van der Waals surface area (Å²) < 4.78 is 7.66. The first kappa shape index (κ1) is 14.4. The van der Waals surface area contributed by atoms with E-state index < -0.39 is 0 Å². The Morgan fingerprint density at radius 3 is 2.91 bits per heavy atom. The molecule has 0 saturated carbocycles. The molecule has 3 aromatic rings. The molecule has 0 spiro atoms. The van der Waals surface area contributed by atoms with E-state index in [0.29, 0.717) is 6.61 Å². The van der Waals surface area contributed by atoms with Gasteiger partial charge in [-0.15, -0.1) is 10.2 Å². The lowest BCUT2D eigenvalue weighted by atomic mass is 10.1. The van der Waals surface area contributed by atoms with Crippen LogP contribution in [0.25, 0.3) is 5.65 Å². The molecular weight excluding hydrogens is 314 g/mol. The van der Waals surface area contributed by atoms with Gasteiger partial charge in [-0.3, -0.25) is 0 Å². The number of nitrogens with zero attached hydrogens (tertiary/aromatic N) is 5. The molecule has 118 valence electrons. The highest BCUT2D eigenvalue weighted by molar-refractivity contribution is 6.30. The van der Waals surface area contributed by atoms with Crippen LogP contribution in [0.4, 0.5) is 5.69 Å². The monoisotopic (exact) mass is 329 g/mol. The Labute approximate surface area is 138 Å². The molecule has 0 aliphatic carbocycles. The van der Waals surface area contributed by atoms with Gasteiger partial charge in [0, 0.05) is 18.1 Å². The Hall–Kier alpha value is -2.18. The SMILES string of the molecule is Cc1cc(N2CCOC(c3ccc(Cl)cc3)C2)c2nncn2n1. The Morgan fingerprint density at radius 2 is 2.09 bits per heavy atom. The van der Waals surface area contributed by atoms with Crippen LogP contribution in [0.15, 0.2) is 36.7 Å². The summed E-state index contributed by atoms with van der Waals surface area (Å²) in [6.07, 6.45) is 1.64. The van der Waals surface area contributed by atoms with Gasteiger partial charge in [0.05, 0.1) is 18.0 Å². The van der Waals surface area contributed by atoms with Crippen LogP contribution in [0, 0.1) is 6.92 Å². The van der Waals surface area contributed by atoms with Gasteiger partial charge >= 0.3 is 0 Å². The molecule has 1 fully saturated rings. The van der Waals surface area contributed by atoms with Crippen LogP contribution in [0.3, 0.4) is 0 Å². The second-order valence-corrected chi connectivity index (χ2v) is 6.06. The normalized spacial score (nSPS) is 18.5. The molecule has 1 saturated heterocycles. The Morgan fingerprint density at radius 1 is 1.26 bits per heavy atom. The number of hydrogen-bond acceptors (Lipinski definition) is 5. The third-order valence-corrected chi connectivity index (χ3v) is 4.27. The van der Waals surface area contributed by atoms with Gasteiger partial charge in [0.2, 0.25) is 5.65 Å². The first-order valence-corrected chi connectivity index (χ1v) is 7.88. The van der Waals surface area contributed by atoms with E-state index >= 15 is 0 Å². The van der Waals surface area contributed by atoms with Crippen molar-refractivity contribution in [2.24, 2.45) is 0 Å². The number of benzene rings is 1. The average Bonchev–Trinajstić information content (AvgIpc) is 3.03. The molecule has 0 amide bonds. The van der Waals surface area contributed by atoms with Crippen molar-refractivity contribution in [1.29, 1.82) is 0 Å². The fourth-order valence-electron chi connectivity index (χ4n) is 2.91. The summed E-state index contributed by atoms with van der Waals surface area (Å²) in [5.41, 5.74) is 3.87. The third kappa shape index (κ3) is 2.75. The third-order valence-electron chi connectivity index (χ3n) is 4.02. The van der Waals surface area contributed by atoms with Crippen molar-refractivity contribution >= 4 is 22.9 Å². The van der Waals surface area contributed by atoms with E-state index in [1.807, 2.05) is 37.3 Å². The molecule has 1 aliphatic heterocycles. The number of rotatable bonds is 2. The van der Waals surface area contributed by atoms with Gasteiger partial charge in [0.15, 0.2) is 0 Å². The van der Waals surface area contributed by atoms with Crippen molar-refractivity contribution in [2.75, 3.05) is 24.6 Å². The smallest absolute Gasteiger partial charge is 0.200 e. The second-order valence-electron chi connectivity index (χ2n) is 5.63. The molecule has 0 N–H and O–H groups in total. The minimum absolute atomic E-state index is 0.0115. The number of hydrogen-bond donors (Lipinski definition) is 0. The highest BCUT2D eigenvalue weighted by Crippen LogP contribution is 2.28. The Kier molecular flexibility index (Phi) is 3.63. The van der Waals surface area contributed by atoms with E-state index in [1.54, 1.807) is 10.8 Å². The predicted octanol–water partition coefficient (Wildman–Crippen LogP) is 2.66. The molecule has 7 heteroatoms. The van der Waals surface area contributed by atoms with Crippen LogP contribution < -0.4 is 4.90 Å². The molecule has 1 aliphatic rings. The van der Waals surface area contributed by atoms with E-state index in [4.69, 9.17) is 16.3 Å². The van der Waals surface area contributed by atoms with Gasteiger partial charge < -0.3 is 9.64 Å². The van der Waals surface area contributed by atoms with E-state index in [1.165, 1.54) is 0 Å². The van der Waals surface area contributed by atoms with Crippen molar-refractivity contribution < 1.29 is 4.74 Å². The van der Waals surface area contributed by atoms with E-state index in [0.717, 1.165) is 40.7 Å². The van der Waals surface area contributed by atoms with Gasteiger partial charge in [-0.2, -0.15) is 9.61 Å². The molecule has 23 heavy (non-hydrogen) atoms. The summed E-state index contributed by atoms with van der Waals surface area (Å²) >= 11 is 5.97. The van der Waals surface area contributed by atoms with Crippen molar-refractivity contribution in [3.63, 3.8) is 0 Å². The highest BCUT2D eigenvalue weighted by atomic mass is 35.5. The summed E-state index contributed by atoms with van der Waals surface area (Å²) in [6, 6.07) is 9.87. The fraction of sp³-hybridized carbons (Fsp3) is 0.312. The minimum atomic E-state index is 0.0115. The summed E-state index contributed by atoms with van der Waals surface area (Å²) in [7, 11) is 0. The predicted molar refractivity (Wildman–Crippen MR) is 87.9 cm³/mol.